The molecule has 0 amide bonds. The van der Waals surface area contributed by atoms with Gasteiger partial charge in [-0.2, -0.15) is 0 Å². The smallest absolute Gasteiger partial charge is 0.191 e. The third kappa shape index (κ3) is 9.15. The minimum Gasteiger partial charge on any atom is -0.387 e. The van der Waals surface area contributed by atoms with Gasteiger partial charge in [-0.25, -0.2) is 0 Å². The van der Waals surface area contributed by atoms with Crippen molar-refractivity contribution >= 4 is 5.96 Å². The van der Waals surface area contributed by atoms with Crippen molar-refractivity contribution in [3.63, 3.8) is 0 Å². The largest absolute Gasteiger partial charge is 0.387 e. The lowest BCUT2D eigenvalue weighted by atomic mass is 10.0. The molecule has 0 aromatic heterocycles. The van der Waals surface area contributed by atoms with Gasteiger partial charge in [-0.1, -0.05) is 38.1 Å². The first-order valence-electron chi connectivity index (χ1n) is 11.0. The fourth-order valence-electron chi connectivity index (χ4n) is 3.45. The average Bonchev–Trinajstić information content (AvgIpc) is 2.70. The van der Waals surface area contributed by atoms with E-state index < -0.39 is 5.60 Å². The van der Waals surface area contributed by atoms with Gasteiger partial charge in [0.05, 0.1) is 25.4 Å². The predicted octanol–water partition coefficient (Wildman–Crippen LogP) is 2.38. The first-order chi connectivity index (χ1) is 13.9. The van der Waals surface area contributed by atoms with Gasteiger partial charge in [0.2, 0.25) is 0 Å². The van der Waals surface area contributed by atoms with Crippen LogP contribution >= 0.6 is 0 Å². The van der Waals surface area contributed by atoms with Crippen molar-refractivity contribution in [3.05, 3.63) is 35.4 Å². The molecular formula is C23H40N4O2. The van der Waals surface area contributed by atoms with Crippen LogP contribution in [-0.4, -0.2) is 74.0 Å². The maximum absolute atomic E-state index is 10.7. The lowest BCUT2D eigenvalue weighted by Crippen LogP contribution is -2.48. The van der Waals surface area contributed by atoms with Gasteiger partial charge in [-0.15, -0.1) is 0 Å². The monoisotopic (exact) mass is 404 g/mol. The Labute approximate surface area is 176 Å². The van der Waals surface area contributed by atoms with Gasteiger partial charge in [-0.05, 0) is 43.7 Å². The van der Waals surface area contributed by atoms with Crippen LogP contribution in [0.1, 0.15) is 51.2 Å². The summed E-state index contributed by atoms with van der Waals surface area (Å²) < 4.78 is 5.38. The predicted molar refractivity (Wildman–Crippen MR) is 121 cm³/mol. The van der Waals surface area contributed by atoms with E-state index in [-0.39, 0.29) is 0 Å². The van der Waals surface area contributed by atoms with Gasteiger partial charge in [0.1, 0.15) is 0 Å². The molecular weight excluding hydrogens is 364 g/mol. The number of rotatable bonds is 10. The summed E-state index contributed by atoms with van der Waals surface area (Å²) in [7, 11) is 0. The first-order valence-corrected chi connectivity index (χ1v) is 11.0. The highest BCUT2D eigenvalue weighted by Gasteiger charge is 2.25. The van der Waals surface area contributed by atoms with Crippen molar-refractivity contribution in [2.45, 2.75) is 52.1 Å². The molecule has 1 aromatic rings. The van der Waals surface area contributed by atoms with Crippen LogP contribution in [0, 0.1) is 0 Å². The van der Waals surface area contributed by atoms with Crippen molar-refractivity contribution in [2.75, 3.05) is 52.5 Å². The third-order valence-electron chi connectivity index (χ3n) is 5.17. The highest BCUT2D eigenvalue weighted by atomic mass is 16.5. The van der Waals surface area contributed by atoms with Crippen molar-refractivity contribution in [3.8, 4) is 0 Å². The van der Waals surface area contributed by atoms with Gasteiger partial charge in [0, 0.05) is 32.7 Å². The van der Waals surface area contributed by atoms with E-state index >= 15 is 0 Å². The van der Waals surface area contributed by atoms with Crippen LogP contribution in [0.5, 0.6) is 0 Å². The number of benzene rings is 1. The quantitative estimate of drug-likeness (QED) is 0.317. The summed E-state index contributed by atoms with van der Waals surface area (Å²) in [6, 6.07) is 8.93. The van der Waals surface area contributed by atoms with E-state index in [1.165, 1.54) is 11.1 Å². The lowest BCUT2D eigenvalue weighted by Gasteiger charge is -2.33. The van der Waals surface area contributed by atoms with E-state index in [9.17, 15) is 5.11 Å². The van der Waals surface area contributed by atoms with Crippen molar-refractivity contribution < 1.29 is 9.84 Å². The molecule has 6 heteroatoms. The molecule has 29 heavy (non-hydrogen) atoms. The molecule has 1 atom stereocenters. The van der Waals surface area contributed by atoms with Crippen LogP contribution < -0.4 is 10.6 Å². The second-order valence-corrected chi connectivity index (χ2v) is 8.51. The Morgan fingerprint density at radius 1 is 1.21 bits per heavy atom. The second kappa shape index (κ2) is 12.2. The number of aliphatic imine (C=N–C) groups is 1. The summed E-state index contributed by atoms with van der Waals surface area (Å²) in [4.78, 5) is 6.85. The normalized spacial score (nSPS) is 17.9. The van der Waals surface area contributed by atoms with Gasteiger partial charge >= 0.3 is 0 Å². The molecule has 6 nitrogen and oxygen atoms in total. The van der Waals surface area contributed by atoms with Crippen LogP contribution in [0.2, 0.25) is 0 Å². The van der Waals surface area contributed by atoms with E-state index in [0.29, 0.717) is 19.0 Å². The zero-order chi connectivity index (χ0) is 21.1. The molecule has 0 spiro atoms. The van der Waals surface area contributed by atoms with Crippen LogP contribution in [0.15, 0.2) is 29.3 Å². The molecule has 1 unspecified atom stereocenters. The maximum Gasteiger partial charge on any atom is 0.191 e. The fourth-order valence-corrected chi connectivity index (χ4v) is 3.45. The van der Waals surface area contributed by atoms with Crippen LogP contribution in [0.4, 0.5) is 0 Å². The Morgan fingerprint density at radius 2 is 1.90 bits per heavy atom. The zero-order valence-corrected chi connectivity index (χ0v) is 18.7. The summed E-state index contributed by atoms with van der Waals surface area (Å²) in [5, 5.41) is 17.4. The summed E-state index contributed by atoms with van der Waals surface area (Å²) in [5.41, 5.74) is 1.90. The molecule has 2 rings (SSSR count). The first kappa shape index (κ1) is 23.6. The molecule has 0 aliphatic carbocycles. The number of nitrogens with zero attached hydrogens (tertiary/aromatic N) is 2. The van der Waals surface area contributed by atoms with E-state index in [1.807, 2.05) is 6.92 Å². The molecule has 1 aromatic carbocycles. The maximum atomic E-state index is 10.7. The minimum atomic E-state index is -0.849. The lowest BCUT2D eigenvalue weighted by molar-refractivity contribution is -0.0179. The number of morpholine rings is 1. The van der Waals surface area contributed by atoms with E-state index in [2.05, 4.69) is 65.6 Å². The number of hydrogen-bond donors (Lipinski definition) is 3. The van der Waals surface area contributed by atoms with E-state index in [4.69, 9.17) is 4.74 Å². The Kier molecular flexibility index (Phi) is 9.91. The van der Waals surface area contributed by atoms with Crippen LogP contribution in [0.3, 0.4) is 0 Å². The van der Waals surface area contributed by atoms with Crippen LogP contribution in [0.25, 0.3) is 0 Å². The number of nitrogens with one attached hydrogen (secondary N) is 2. The summed E-state index contributed by atoms with van der Waals surface area (Å²) in [6.07, 6.45) is 2.08. The van der Waals surface area contributed by atoms with E-state index in [1.54, 1.807) is 0 Å². The average molecular weight is 405 g/mol. The zero-order valence-electron chi connectivity index (χ0n) is 18.7. The molecule has 1 saturated heterocycles. The Hall–Kier alpha value is -1.63. The molecule has 0 radical (unpaired) electrons. The summed E-state index contributed by atoms with van der Waals surface area (Å²) in [6.45, 7) is 14.2. The molecule has 3 N–H and O–H groups in total. The number of guanidine groups is 1. The third-order valence-corrected chi connectivity index (χ3v) is 5.17. The molecule has 164 valence electrons. The van der Waals surface area contributed by atoms with E-state index in [0.717, 1.165) is 58.2 Å². The fraction of sp³-hybridized carbons (Fsp3) is 0.696. The van der Waals surface area contributed by atoms with Gasteiger partial charge in [-0.3, -0.25) is 9.89 Å². The summed E-state index contributed by atoms with van der Waals surface area (Å²) >= 11 is 0. The number of hydrogen-bond acceptors (Lipinski definition) is 4. The van der Waals surface area contributed by atoms with Gasteiger partial charge in [0.25, 0.3) is 0 Å². The highest BCUT2D eigenvalue weighted by molar-refractivity contribution is 5.79. The topological polar surface area (TPSA) is 69.1 Å². The van der Waals surface area contributed by atoms with Crippen molar-refractivity contribution in [1.29, 1.82) is 0 Å². The number of ether oxygens (including phenoxy) is 1. The molecule has 1 heterocycles. The highest BCUT2D eigenvalue weighted by Crippen LogP contribution is 2.15. The number of β-amino-alcohol motifs (C(OH)–C–C–N with tert-alkyl or cyclic N) is 1. The second-order valence-electron chi connectivity index (χ2n) is 8.51. The van der Waals surface area contributed by atoms with Gasteiger partial charge in [0.15, 0.2) is 5.96 Å². The molecule has 1 fully saturated rings. The SMILES string of the molecule is CCNC(=NCC(C)(O)CN1CCOCC1)NCCCc1ccc(C(C)C)cc1. The minimum absolute atomic E-state index is 0.371. The number of aryl methyl sites for hydroxylation is 1. The van der Waals surface area contributed by atoms with Crippen molar-refractivity contribution in [2.24, 2.45) is 4.99 Å². The van der Waals surface area contributed by atoms with Gasteiger partial charge < -0.3 is 20.5 Å². The molecule has 0 bridgehead atoms. The molecule has 1 aliphatic rings. The van der Waals surface area contributed by atoms with Crippen LogP contribution in [-0.2, 0) is 11.2 Å². The number of aliphatic hydroxyl groups is 1. The Morgan fingerprint density at radius 3 is 2.52 bits per heavy atom. The molecule has 1 aliphatic heterocycles. The Bertz CT molecular complexity index is 608. The standard InChI is InChI=1S/C23H40N4O2/c1-5-24-22(26-17-23(4,28)18-27-13-15-29-16-14-27)25-12-6-7-20-8-10-21(11-9-20)19(2)3/h8-11,19,28H,5-7,12-18H2,1-4H3,(H2,24,25,26). The molecule has 0 saturated carbocycles. The Balaban J connectivity index is 1.76. The van der Waals surface area contributed by atoms with Crippen molar-refractivity contribution in [1.82, 2.24) is 15.5 Å². The summed E-state index contributed by atoms with van der Waals surface area (Å²) in [5.74, 6) is 1.34.